The van der Waals surface area contributed by atoms with Crippen LogP contribution in [0.5, 0.6) is 0 Å². The summed E-state index contributed by atoms with van der Waals surface area (Å²) >= 11 is 4.79. The minimum Gasteiger partial charge on any atom is -0.393 e. The molecule has 1 amide bonds. The van der Waals surface area contributed by atoms with Gasteiger partial charge < -0.3 is 11.1 Å². The second-order valence-corrected chi connectivity index (χ2v) is 5.34. The maximum absolute atomic E-state index is 12.1. The summed E-state index contributed by atoms with van der Waals surface area (Å²) in [7, 11) is 0. The first-order valence-corrected chi connectivity index (χ1v) is 6.47. The smallest absolute Gasteiger partial charge is 0.230 e. The van der Waals surface area contributed by atoms with Gasteiger partial charge in [0.1, 0.15) is 0 Å². The fourth-order valence-corrected chi connectivity index (χ4v) is 1.82. The number of nitrogens with one attached hydrogen (secondary N) is 1. The molecular formula is C14H20N2OS. The van der Waals surface area contributed by atoms with Gasteiger partial charge in [-0.25, -0.2) is 0 Å². The van der Waals surface area contributed by atoms with E-state index < -0.39 is 5.41 Å². The number of carbonyl (C=O) groups is 1. The van der Waals surface area contributed by atoms with Crippen LogP contribution in [0.15, 0.2) is 30.3 Å². The van der Waals surface area contributed by atoms with Crippen molar-refractivity contribution in [1.29, 1.82) is 0 Å². The first-order chi connectivity index (χ1) is 8.44. The van der Waals surface area contributed by atoms with Crippen molar-refractivity contribution in [2.24, 2.45) is 5.73 Å². The molecule has 1 rings (SSSR count). The molecule has 0 radical (unpaired) electrons. The Hall–Kier alpha value is -1.42. The first kappa shape index (κ1) is 14.6. The topological polar surface area (TPSA) is 55.1 Å². The maximum atomic E-state index is 12.1. The van der Waals surface area contributed by atoms with Crippen LogP contribution in [0.3, 0.4) is 0 Å². The van der Waals surface area contributed by atoms with E-state index in [2.05, 4.69) is 5.32 Å². The quantitative estimate of drug-likeness (QED) is 0.611. The van der Waals surface area contributed by atoms with E-state index in [-0.39, 0.29) is 5.91 Å². The highest BCUT2D eigenvalue weighted by atomic mass is 32.1. The Morgan fingerprint density at radius 3 is 2.50 bits per heavy atom. The molecule has 0 heterocycles. The summed E-state index contributed by atoms with van der Waals surface area (Å²) in [6, 6.07) is 9.76. The fraction of sp³-hybridized carbons (Fsp3) is 0.429. The molecule has 1 aromatic carbocycles. The van der Waals surface area contributed by atoms with Crippen LogP contribution in [0.2, 0.25) is 0 Å². The summed E-state index contributed by atoms with van der Waals surface area (Å²) in [4.78, 5) is 12.6. The lowest BCUT2D eigenvalue weighted by atomic mass is 9.84. The molecule has 0 aromatic heterocycles. The molecule has 0 saturated carbocycles. The molecule has 0 aliphatic heterocycles. The lowest BCUT2D eigenvalue weighted by molar-refractivity contribution is -0.125. The van der Waals surface area contributed by atoms with Crippen LogP contribution in [0.4, 0.5) is 0 Å². The largest absolute Gasteiger partial charge is 0.393 e. The number of hydrogen-bond acceptors (Lipinski definition) is 2. The van der Waals surface area contributed by atoms with Crippen molar-refractivity contribution in [3.8, 4) is 0 Å². The molecule has 0 unspecified atom stereocenters. The van der Waals surface area contributed by atoms with Crippen LogP contribution in [0.1, 0.15) is 32.3 Å². The summed E-state index contributed by atoms with van der Waals surface area (Å²) in [5, 5.41) is 2.92. The van der Waals surface area contributed by atoms with Gasteiger partial charge in [-0.3, -0.25) is 4.79 Å². The van der Waals surface area contributed by atoms with Crippen molar-refractivity contribution in [2.75, 3.05) is 6.54 Å². The summed E-state index contributed by atoms with van der Waals surface area (Å²) in [5.74, 6) is 0.0247. The van der Waals surface area contributed by atoms with Crippen LogP contribution in [0, 0.1) is 0 Å². The van der Waals surface area contributed by atoms with E-state index in [1.54, 1.807) is 0 Å². The minimum atomic E-state index is -0.523. The van der Waals surface area contributed by atoms with Gasteiger partial charge in [0.2, 0.25) is 5.91 Å². The Labute approximate surface area is 114 Å². The Morgan fingerprint density at radius 1 is 1.33 bits per heavy atom. The van der Waals surface area contributed by atoms with Crippen molar-refractivity contribution in [2.45, 2.75) is 32.1 Å². The average Bonchev–Trinajstić information content (AvgIpc) is 2.35. The summed E-state index contributed by atoms with van der Waals surface area (Å²) in [6.07, 6.45) is 1.45. The fourth-order valence-electron chi connectivity index (χ4n) is 1.67. The number of carbonyl (C=O) groups excluding carboxylic acids is 1. The molecule has 0 spiro atoms. The van der Waals surface area contributed by atoms with Gasteiger partial charge in [0.15, 0.2) is 0 Å². The molecule has 0 aliphatic carbocycles. The second kappa shape index (κ2) is 6.50. The third kappa shape index (κ3) is 4.11. The zero-order valence-corrected chi connectivity index (χ0v) is 11.7. The molecule has 0 aliphatic rings. The van der Waals surface area contributed by atoms with Gasteiger partial charge in [0, 0.05) is 6.54 Å². The van der Waals surface area contributed by atoms with Gasteiger partial charge in [-0.1, -0.05) is 42.5 Å². The van der Waals surface area contributed by atoms with E-state index >= 15 is 0 Å². The normalized spacial score (nSPS) is 11.0. The highest BCUT2D eigenvalue weighted by Gasteiger charge is 2.28. The van der Waals surface area contributed by atoms with Crippen LogP contribution in [-0.2, 0) is 10.2 Å². The van der Waals surface area contributed by atoms with Gasteiger partial charge in [0.05, 0.1) is 10.4 Å². The van der Waals surface area contributed by atoms with Crippen LogP contribution < -0.4 is 11.1 Å². The lowest BCUT2D eigenvalue weighted by Crippen LogP contribution is -2.40. The summed E-state index contributed by atoms with van der Waals surface area (Å²) in [6.45, 7) is 4.45. The van der Waals surface area contributed by atoms with Crippen molar-refractivity contribution in [3.63, 3.8) is 0 Å². The highest BCUT2D eigenvalue weighted by molar-refractivity contribution is 7.80. The summed E-state index contributed by atoms with van der Waals surface area (Å²) in [5.41, 5.74) is 5.89. The number of hydrogen-bond donors (Lipinski definition) is 2. The van der Waals surface area contributed by atoms with Crippen LogP contribution in [0.25, 0.3) is 0 Å². The van der Waals surface area contributed by atoms with Crippen LogP contribution in [-0.4, -0.2) is 17.4 Å². The number of benzene rings is 1. The minimum absolute atomic E-state index is 0.0247. The lowest BCUT2D eigenvalue weighted by Gasteiger charge is -2.24. The van der Waals surface area contributed by atoms with E-state index in [9.17, 15) is 4.79 Å². The van der Waals surface area contributed by atoms with Crippen molar-refractivity contribution >= 4 is 23.1 Å². The van der Waals surface area contributed by atoms with Gasteiger partial charge >= 0.3 is 0 Å². The van der Waals surface area contributed by atoms with E-state index in [1.165, 1.54) is 0 Å². The molecule has 0 fully saturated rings. The highest BCUT2D eigenvalue weighted by Crippen LogP contribution is 2.22. The predicted octanol–water partition coefficient (Wildman–Crippen LogP) is 2.15. The van der Waals surface area contributed by atoms with Gasteiger partial charge in [-0.05, 0) is 32.3 Å². The Morgan fingerprint density at radius 2 is 1.94 bits per heavy atom. The van der Waals surface area contributed by atoms with E-state index in [0.717, 1.165) is 12.0 Å². The third-order valence-electron chi connectivity index (χ3n) is 2.95. The molecule has 0 bridgehead atoms. The molecule has 3 N–H and O–H groups in total. The molecule has 0 saturated heterocycles. The predicted molar refractivity (Wildman–Crippen MR) is 78.5 cm³/mol. The van der Waals surface area contributed by atoms with Gasteiger partial charge in [-0.2, -0.15) is 0 Å². The number of nitrogens with two attached hydrogens (primary N) is 1. The first-order valence-electron chi connectivity index (χ1n) is 6.06. The molecule has 3 nitrogen and oxygen atoms in total. The maximum Gasteiger partial charge on any atom is 0.230 e. The van der Waals surface area contributed by atoms with E-state index in [1.807, 2.05) is 44.2 Å². The van der Waals surface area contributed by atoms with Gasteiger partial charge in [0.25, 0.3) is 0 Å². The number of amides is 1. The second-order valence-electron chi connectivity index (χ2n) is 4.82. The monoisotopic (exact) mass is 264 g/mol. The van der Waals surface area contributed by atoms with Crippen molar-refractivity contribution < 1.29 is 4.79 Å². The SMILES string of the molecule is CC(C)(C(=O)NCCCC(N)=S)c1ccccc1. The molecule has 4 heteroatoms. The van der Waals surface area contributed by atoms with Gasteiger partial charge in [-0.15, -0.1) is 0 Å². The van der Waals surface area contributed by atoms with Crippen molar-refractivity contribution in [1.82, 2.24) is 5.32 Å². The van der Waals surface area contributed by atoms with Crippen molar-refractivity contribution in [3.05, 3.63) is 35.9 Å². The molecule has 1 aromatic rings. The molecule has 0 atom stereocenters. The Bertz CT molecular complexity index is 415. The zero-order valence-electron chi connectivity index (χ0n) is 10.9. The Kier molecular flexibility index (Phi) is 5.28. The standard InChI is InChI=1S/C14H20N2OS/c1-14(2,11-7-4-3-5-8-11)13(17)16-10-6-9-12(15)18/h3-5,7-8H,6,9-10H2,1-2H3,(H2,15,18)(H,16,17). The molecular weight excluding hydrogens is 244 g/mol. The zero-order chi connectivity index (χ0) is 13.6. The third-order valence-corrected chi connectivity index (χ3v) is 3.15. The molecule has 18 heavy (non-hydrogen) atoms. The Balaban J connectivity index is 2.52. The van der Waals surface area contributed by atoms with Crippen LogP contribution >= 0.6 is 12.2 Å². The average molecular weight is 264 g/mol. The summed E-state index contributed by atoms with van der Waals surface area (Å²) < 4.78 is 0. The number of rotatable bonds is 6. The van der Waals surface area contributed by atoms with E-state index in [4.69, 9.17) is 18.0 Å². The molecule has 98 valence electrons. The number of thiocarbonyl (C=S) groups is 1. The van der Waals surface area contributed by atoms with E-state index in [0.29, 0.717) is 18.0 Å².